The molecule has 1 heterocycles. The van der Waals surface area contributed by atoms with Crippen LogP contribution in [0.3, 0.4) is 0 Å². The highest BCUT2D eigenvalue weighted by Crippen LogP contribution is 2.30. The molecule has 0 aliphatic heterocycles. The van der Waals surface area contributed by atoms with Gasteiger partial charge in [0.25, 0.3) is 5.56 Å². The van der Waals surface area contributed by atoms with Crippen molar-refractivity contribution in [3.63, 3.8) is 0 Å². The monoisotopic (exact) mass is 448 g/mol. The van der Waals surface area contributed by atoms with Crippen molar-refractivity contribution in [2.24, 2.45) is 0 Å². The molecule has 0 saturated carbocycles. The van der Waals surface area contributed by atoms with Crippen molar-refractivity contribution in [3.8, 4) is 22.9 Å². The number of methoxy groups -OCH3 is 2. The van der Waals surface area contributed by atoms with Gasteiger partial charge in [0.1, 0.15) is 5.75 Å². The topological polar surface area (TPSA) is 62.6 Å². The van der Waals surface area contributed by atoms with Gasteiger partial charge in [0.15, 0.2) is 16.7 Å². The predicted molar refractivity (Wildman–Crippen MR) is 128 cm³/mol. The third kappa shape index (κ3) is 4.57. The first kappa shape index (κ1) is 21.8. The van der Waals surface area contributed by atoms with Crippen LogP contribution in [0.25, 0.3) is 16.6 Å². The number of aromatic nitrogens is 2. The summed E-state index contributed by atoms with van der Waals surface area (Å²) >= 11 is 1.47. The van der Waals surface area contributed by atoms with Crippen molar-refractivity contribution in [3.05, 3.63) is 82.6 Å². The van der Waals surface area contributed by atoms with E-state index < -0.39 is 0 Å². The van der Waals surface area contributed by atoms with Crippen molar-refractivity contribution in [2.45, 2.75) is 12.1 Å². The number of aryl methyl sites for hydroxylation is 1. The van der Waals surface area contributed by atoms with E-state index in [1.54, 1.807) is 37.0 Å². The maximum absolute atomic E-state index is 13.4. The molecule has 0 N–H and O–H groups in total. The van der Waals surface area contributed by atoms with Gasteiger partial charge in [0, 0.05) is 11.8 Å². The zero-order chi connectivity index (χ0) is 22.5. The molecular formula is C25H24N2O4S. The summed E-state index contributed by atoms with van der Waals surface area (Å²) in [7, 11) is 3.15. The van der Waals surface area contributed by atoms with Crippen LogP contribution >= 0.6 is 11.8 Å². The lowest BCUT2D eigenvalue weighted by Gasteiger charge is -2.15. The van der Waals surface area contributed by atoms with Crippen LogP contribution in [0.1, 0.15) is 5.56 Å². The molecule has 32 heavy (non-hydrogen) atoms. The third-order valence-electron chi connectivity index (χ3n) is 4.97. The van der Waals surface area contributed by atoms with Crippen LogP contribution in [0.4, 0.5) is 0 Å². The molecule has 0 fully saturated rings. The zero-order valence-corrected chi connectivity index (χ0v) is 19.0. The van der Waals surface area contributed by atoms with E-state index in [4.69, 9.17) is 19.2 Å². The van der Waals surface area contributed by atoms with Gasteiger partial charge in [0.05, 0.1) is 37.4 Å². The second-order valence-corrected chi connectivity index (χ2v) is 8.16. The normalized spacial score (nSPS) is 10.8. The van der Waals surface area contributed by atoms with Crippen LogP contribution < -0.4 is 19.8 Å². The molecule has 0 bridgehead atoms. The van der Waals surface area contributed by atoms with Crippen molar-refractivity contribution < 1.29 is 14.2 Å². The van der Waals surface area contributed by atoms with Crippen LogP contribution in [-0.4, -0.2) is 36.1 Å². The number of fused-ring (bicyclic) bond motifs is 1. The standard InChI is InChI=1S/C25H24N2O4S/c1-17-8-11-19(12-9-17)31-14-15-32-25-26-21-7-5-4-6-20(21)24(28)27(25)18-10-13-22(29-2)23(16-18)30-3/h4-13,16H,14-15H2,1-3H3. The minimum atomic E-state index is -0.134. The predicted octanol–water partition coefficient (Wildman–Crippen LogP) is 4.88. The van der Waals surface area contributed by atoms with E-state index >= 15 is 0 Å². The van der Waals surface area contributed by atoms with E-state index in [9.17, 15) is 4.79 Å². The Morgan fingerprint density at radius 1 is 0.938 bits per heavy atom. The molecule has 0 aliphatic carbocycles. The summed E-state index contributed by atoms with van der Waals surface area (Å²) in [6.07, 6.45) is 0. The molecule has 0 spiro atoms. The van der Waals surface area contributed by atoms with Crippen molar-refractivity contribution in [1.82, 2.24) is 9.55 Å². The van der Waals surface area contributed by atoms with Crippen LogP contribution in [-0.2, 0) is 0 Å². The molecule has 4 rings (SSSR count). The first-order valence-corrected chi connectivity index (χ1v) is 11.2. The van der Waals surface area contributed by atoms with Gasteiger partial charge in [-0.05, 0) is 43.3 Å². The van der Waals surface area contributed by atoms with Crippen molar-refractivity contribution >= 4 is 22.7 Å². The van der Waals surface area contributed by atoms with E-state index in [1.165, 1.54) is 17.3 Å². The summed E-state index contributed by atoms with van der Waals surface area (Å²) in [5.41, 5.74) is 2.37. The molecule has 0 unspecified atom stereocenters. The number of ether oxygens (including phenoxy) is 3. The lowest BCUT2D eigenvalue weighted by molar-refractivity contribution is 0.344. The minimum Gasteiger partial charge on any atom is -0.493 e. The van der Waals surface area contributed by atoms with Crippen LogP contribution in [0.5, 0.6) is 17.2 Å². The number of rotatable bonds is 8. The van der Waals surface area contributed by atoms with E-state index in [2.05, 4.69) is 0 Å². The number of benzene rings is 3. The Labute approximate surface area is 190 Å². The van der Waals surface area contributed by atoms with Crippen molar-refractivity contribution in [2.75, 3.05) is 26.6 Å². The zero-order valence-electron chi connectivity index (χ0n) is 18.2. The van der Waals surface area contributed by atoms with Gasteiger partial charge < -0.3 is 14.2 Å². The number of hydrogen-bond acceptors (Lipinski definition) is 6. The number of thioether (sulfide) groups is 1. The molecule has 0 atom stereocenters. The van der Waals surface area contributed by atoms with E-state index in [1.807, 2.05) is 55.5 Å². The summed E-state index contributed by atoms with van der Waals surface area (Å²) in [5, 5.41) is 1.15. The first-order chi connectivity index (χ1) is 15.6. The smallest absolute Gasteiger partial charge is 0.266 e. The maximum atomic E-state index is 13.4. The Morgan fingerprint density at radius 3 is 2.44 bits per heavy atom. The van der Waals surface area contributed by atoms with Gasteiger partial charge in [-0.2, -0.15) is 0 Å². The van der Waals surface area contributed by atoms with Gasteiger partial charge in [0.2, 0.25) is 0 Å². The Morgan fingerprint density at radius 2 is 1.69 bits per heavy atom. The molecule has 1 aromatic heterocycles. The van der Waals surface area contributed by atoms with E-state index in [-0.39, 0.29) is 5.56 Å². The highest BCUT2D eigenvalue weighted by molar-refractivity contribution is 7.99. The molecule has 0 amide bonds. The molecule has 4 aromatic rings. The summed E-state index contributed by atoms with van der Waals surface area (Å²) in [6, 6.07) is 20.7. The summed E-state index contributed by atoms with van der Waals surface area (Å²) in [4.78, 5) is 18.2. The average molecular weight is 449 g/mol. The van der Waals surface area contributed by atoms with Gasteiger partial charge >= 0.3 is 0 Å². The highest BCUT2D eigenvalue weighted by Gasteiger charge is 2.15. The first-order valence-electron chi connectivity index (χ1n) is 10.2. The third-order valence-corrected chi connectivity index (χ3v) is 5.88. The van der Waals surface area contributed by atoms with Crippen LogP contribution in [0, 0.1) is 6.92 Å². The van der Waals surface area contributed by atoms with Crippen LogP contribution in [0.15, 0.2) is 76.7 Å². The van der Waals surface area contributed by atoms with Gasteiger partial charge in [-0.15, -0.1) is 0 Å². The lowest BCUT2D eigenvalue weighted by atomic mass is 10.2. The molecule has 0 radical (unpaired) electrons. The quantitative estimate of drug-likeness (QED) is 0.217. The van der Waals surface area contributed by atoms with Gasteiger partial charge in [-0.1, -0.05) is 41.6 Å². The average Bonchev–Trinajstić information content (AvgIpc) is 2.82. The molecule has 7 heteroatoms. The SMILES string of the molecule is COc1ccc(-n2c(SCCOc3ccc(C)cc3)nc3ccccc3c2=O)cc1OC. The maximum Gasteiger partial charge on any atom is 0.266 e. The largest absolute Gasteiger partial charge is 0.493 e. The summed E-state index contributed by atoms with van der Waals surface area (Å²) < 4.78 is 18.2. The Balaban J connectivity index is 1.66. The van der Waals surface area contributed by atoms with Gasteiger partial charge in [-0.25, -0.2) is 4.98 Å². The second kappa shape index (κ2) is 9.78. The van der Waals surface area contributed by atoms with E-state index in [0.717, 1.165) is 5.75 Å². The highest BCUT2D eigenvalue weighted by atomic mass is 32.2. The fourth-order valence-electron chi connectivity index (χ4n) is 3.33. The molecule has 0 saturated heterocycles. The second-order valence-electron chi connectivity index (χ2n) is 7.10. The Bertz CT molecular complexity index is 1290. The van der Waals surface area contributed by atoms with Crippen molar-refractivity contribution in [1.29, 1.82) is 0 Å². The Kier molecular flexibility index (Phi) is 6.66. The Hall–Kier alpha value is -3.45. The van der Waals surface area contributed by atoms with E-state index in [0.29, 0.717) is 45.6 Å². The van der Waals surface area contributed by atoms with Crippen LogP contribution in [0.2, 0.25) is 0 Å². The molecule has 6 nitrogen and oxygen atoms in total. The molecular weight excluding hydrogens is 424 g/mol. The molecule has 0 aliphatic rings. The minimum absolute atomic E-state index is 0.134. The lowest BCUT2D eigenvalue weighted by Crippen LogP contribution is -2.22. The summed E-state index contributed by atoms with van der Waals surface area (Å²) in [6.45, 7) is 2.53. The fraction of sp³-hybridized carbons (Fsp3) is 0.200. The number of nitrogens with zero attached hydrogens (tertiary/aromatic N) is 2. The molecule has 3 aromatic carbocycles. The number of hydrogen-bond donors (Lipinski definition) is 0. The fourth-order valence-corrected chi connectivity index (χ4v) is 4.16. The molecule has 164 valence electrons. The summed E-state index contributed by atoms with van der Waals surface area (Å²) in [5.74, 6) is 2.59. The van der Waals surface area contributed by atoms with Gasteiger partial charge in [-0.3, -0.25) is 9.36 Å². The number of para-hydroxylation sites is 1.